The average molecular weight is 343 g/mol. The smallest absolute Gasteiger partial charge is 0.0276 e. The first-order valence-corrected chi connectivity index (χ1v) is 10.9. The molecule has 0 bridgehead atoms. The number of rotatable bonds is 12. The molecule has 1 saturated carbocycles. The summed E-state index contributed by atoms with van der Waals surface area (Å²) in [5.74, 6) is 0. The van der Waals surface area contributed by atoms with Crippen LogP contribution in [0.15, 0.2) is 24.3 Å². The van der Waals surface area contributed by atoms with Gasteiger partial charge in [0.25, 0.3) is 0 Å². The maximum Gasteiger partial charge on any atom is -0.0276 e. The molecule has 0 saturated heterocycles. The Hall–Kier alpha value is -0.780. The lowest BCUT2D eigenvalue weighted by atomic mass is 9.89. The second-order valence-electron chi connectivity index (χ2n) is 10.1. The van der Waals surface area contributed by atoms with Crippen molar-refractivity contribution in [2.75, 3.05) is 0 Å². The highest BCUT2D eigenvalue weighted by Gasteiger charge is 2.35. The molecule has 0 radical (unpaired) electrons. The molecule has 0 amide bonds. The molecule has 0 atom stereocenters. The molecule has 1 fully saturated rings. The highest BCUT2D eigenvalue weighted by molar-refractivity contribution is 5.27. The molecule has 0 N–H and O–H groups in total. The second-order valence-corrected chi connectivity index (χ2v) is 10.1. The summed E-state index contributed by atoms with van der Waals surface area (Å²) in [6.07, 6.45) is 18.1. The Morgan fingerprint density at radius 2 is 1.28 bits per heavy atom. The van der Waals surface area contributed by atoms with Crippen molar-refractivity contribution in [3.63, 3.8) is 0 Å². The van der Waals surface area contributed by atoms with E-state index in [0.29, 0.717) is 5.41 Å². The van der Waals surface area contributed by atoms with E-state index in [1.54, 1.807) is 11.1 Å². The van der Waals surface area contributed by atoms with Gasteiger partial charge in [-0.2, -0.15) is 0 Å². The van der Waals surface area contributed by atoms with E-state index in [1.807, 2.05) is 0 Å². The Labute approximate surface area is 157 Å². The van der Waals surface area contributed by atoms with E-state index < -0.39 is 0 Å². The van der Waals surface area contributed by atoms with Gasteiger partial charge in [-0.1, -0.05) is 84.1 Å². The Kier molecular flexibility index (Phi) is 8.04. The van der Waals surface area contributed by atoms with Gasteiger partial charge >= 0.3 is 0 Å². The van der Waals surface area contributed by atoms with Gasteiger partial charge in [-0.15, -0.1) is 0 Å². The molecule has 0 heteroatoms. The quantitative estimate of drug-likeness (QED) is 0.336. The van der Waals surface area contributed by atoms with Gasteiger partial charge in [0, 0.05) is 0 Å². The molecule has 0 spiro atoms. The molecule has 0 nitrogen and oxygen atoms in total. The number of benzene rings is 1. The minimum absolute atomic E-state index is 0.503. The van der Waals surface area contributed by atoms with E-state index >= 15 is 0 Å². The zero-order valence-corrected chi connectivity index (χ0v) is 17.5. The van der Waals surface area contributed by atoms with E-state index in [4.69, 9.17) is 0 Å². The van der Waals surface area contributed by atoms with Gasteiger partial charge in [0.15, 0.2) is 0 Å². The van der Waals surface area contributed by atoms with Crippen molar-refractivity contribution in [2.24, 2.45) is 10.8 Å². The van der Waals surface area contributed by atoms with Crippen LogP contribution in [0.5, 0.6) is 0 Å². The molecule has 142 valence electrons. The zero-order valence-electron chi connectivity index (χ0n) is 17.5. The van der Waals surface area contributed by atoms with Crippen LogP contribution in [0.25, 0.3) is 0 Å². The van der Waals surface area contributed by atoms with Crippen molar-refractivity contribution in [1.29, 1.82) is 0 Å². The lowest BCUT2D eigenvalue weighted by Crippen LogP contribution is -2.04. The highest BCUT2D eigenvalue weighted by Crippen LogP contribution is 2.49. The van der Waals surface area contributed by atoms with Crippen molar-refractivity contribution in [2.45, 2.75) is 111 Å². The Morgan fingerprint density at radius 1 is 0.760 bits per heavy atom. The van der Waals surface area contributed by atoms with Crippen molar-refractivity contribution in [1.82, 2.24) is 0 Å². The molecule has 0 unspecified atom stereocenters. The van der Waals surface area contributed by atoms with Crippen LogP contribution in [0, 0.1) is 10.8 Å². The third-order valence-corrected chi connectivity index (χ3v) is 6.07. The van der Waals surface area contributed by atoms with Crippen molar-refractivity contribution in [3.05, 3.63) is 35.4 Å². The second kappa shape index (κ2) is 9.79. The number of hydrogen-bond acceptors (Lipinski definition) is 0. The van der Waals surface area contributed by atoms with Gasteiger partial charge in [-0.05, 0) is 73.3 Å². The van der Waals surface area contributed by atoms with E-state index in [0.717, 1.165) is 5.41 Å². The summed E-state index contributed by atoms with van der Waals surface area (Å²) in [5, 5.41) is 0. The van der Waals surface area contributed by atoms with Gasteiger partial charge in [0.05, 0.1) is 0 Å². The topological polar surface area (TPSA) is 0 Å². The van der Waals surface area contributed by atoms with E-state index in [9.17, 15) is 0 Å². The number of unbranched alkanes of at least 4 members (excludes halogenated alkanes) is 5. The maximum absolute atomic E-state index is 2.46. The molecule has 1 aromatic rings. The molecule has 25 heavy (non-hydrogen) atoms. The summed E-state index contributed by atoms with van der Waals surface area (Å²) < 4.78 is 0. The first kappa shape index (κ1) is 20.5. The number of aryl methyl sites for hydroxylation is 2. The first-order chi connectivity index (χ1) is 11.9. The van der Waals surface area contributed by atoms with Crippen molar-refractivity contribution >= 4 is 0 Å². The fraction of sp³-hybridized carbons (Fsp3) is 0.760. The first-order valence-electron chi connectivity index (χ1n) is 10.9. The molecular formula is C25H42. The predicted molar refractivity (Wildman–Crippen MR) is 112 cm³/mol. The molecule has 1 aliphatic carbocycles. The molecule has 0 heterocycles. The Morgan fingerprint density at radius 3 is 1.80 bits per heavy atom. The number of hydrogen-bond donors (Lipinski definition) is 0. The van der Waals surface area contributed by atoms with Crippen LogP contribution in [0.4, 0.5) is 0 Å². The van der Waals surface area contributed by atoms with Crippen molar-refractivity contribution < 1.29 is 0 Å². The lowest BCUT2D eigenvalue weighted by Gasteiger charge is -2.17. The molecule has 0 aromatic heterocycles. The van der Waals surface area contributed by atoms with Gasteiger partial charge < -0.3 is 0 Å². The summed E-state index contributed by atoms with van der Waals surface area (Å²) in [7, 11) is 0. The fourth-order valence-corrected chi connectivity index (χ4v) is 3.88. The van der Waals surface area contributed by atoms with Crippen LogP contribution < -0.4 is 0 Å². The van der Waals surface area contributed by atoms with Crippen LogP contribution in [-0.4, -0.2) is 0 Å². The summed E-state index contributed by atoms with van der Waals surface area (Å²) in [6, 6.07) is 9.20. The van der Waals surface area contributed by atoms with Crippen LogP contribution in [0.2, 0.25) is 0 Å². The summed E-state index contributed by atoms with van der Waals surface area (Å²) in [5.41, 5.74) is 4.48. The Bertz CT molecular complexity index is 487. The normalized spacial score (nSPS) is 16.2. The maximum atomic E-state index is 2.46. The van der Waals surface area contributed by atoms with Crippen LogP contribution in [0.1, 0.15) is 109 Å². The molecule has 1 aliphatic rings. The average Bonchev–Trinajstić information content (AvgIpc) is 3.28. The SMILES string of the molecule is CC(C)(C)CCCCCCc1ccccc1CCCCCC1(C)CC1. The Balaban J connectivity index is 1.60. The summed E-state index contributed by atoms with van der Waals surface area (Å²) in [4.78, 5) is 0. The van der Waals surface area contributed by atoms with Gasteiger partial charge in [0.1, 0.15) is 0 Å². The molecule has 0 aliphatic heterocycles. The van der Waals surface area contributed by atoms with Crippen LogP contribution in [-0.2, 0) is 12.8 Å². The summed E-state index contributed by atoms with van der Waals surface area (Å²) in [6.45, 7) is 9.53. The van der Waals surface area contributed by atoms with E-state index in [-0.39, 0.29) is 0 Å². The van der Waals surface area contributed by atoms with Crippen LogP contribution >= 0.6 is 0 Å². The molecular weight excluding hydrogens is 300 g/mol. The van der Waals surface area contributed by atoms with Crippen molar-refractivity contribution in [3.8, 4) is 0 Å². The predicted octanol–water partition coefficient (Wildman–Crippen LogP) is 8.13. The summed E-state index contributed by atoms with van der Waals surface area (Å²) >= 11 is 0. The standard InChI is InChI=1S/C25H42/c1-24(2,3)18-12-6-5-8-14-22-16-10-11-17-23(22)15-9-7-13-19-25(4)20-21-25/h10-11,16-17H,5-9,12-15,18-21H2,1-4H3. The lowest BCUT2D eigenvalue weighted by molar-refractivity contribution is 0.357. The van der Waals surface area contributed by atoms with Gasteiger partial charge in [-0.3, -0.25) is 0 Å². The minimum Gasteiger partial charge on any atom is -0.0620 e. The third-order valence-electron chi connectivity index (χ3n) is 6.07. The highest BCUT2D eigenvalue weighted by atomic mass is 14.4. The minimum atomic E-state index is 0.503. The largest absolute Gasteiger partial charge is 0.0620 e. The fourth-order valence-electron chi connectivity index (χ4n) is 3.88. The molecule has 2 rings (SSSR count). The van der Waals surface area contributed by atoms with Gasteiger partial charge in [0.2, 0.25) is 0 Å². The van der Waals surface area contributed by atoms with E-state index in [1.165, 1.54) is 83.5 Å². The monoisotopic (exact) mass is 342 g/mol. The zero-order chi connectivity index (χ0) is 18.2. The molecule has 1 aromatic carbocycles. The van der Waals surface area contributed by atoms with Crippen LogP contribution in [0.3, 0.4) is 0 Å². The van der Waals surface area contributed by atoms with E-state index in [2.05, 4.69) is 52.0 Å². The van der Waals surface area contributed by atoms with Gasteiger partial charge in [-0.25, -0.2) is 0 Å². The third kappa shape index (κ3) is 8.93.